The predicted octanol–water partition coefficient (Wildman–Crippen LogP) is 3.37. The van der Waals surface area contributed by atoms with Gasteiger partial charge in [-0.2, -0.15) is 0 Å². The molecule has 0 spiro atoms. The molecule has 1 fully saturated rings. The summed E-state index contributed by atoms with van der Waals surface area (Å²) in [6.07, 6.45) is 1.33. The largest absolute Gasteiger partial charge is 0.394 e. The van der Waals surface area contributed by atoms with Crippen molar-refractivity contribution in [3.63, 3.8) is 0 Å². The standard InChI is InChI=1S/C20H21BrN2O2/c21-14-6-7-17-16(11-14)20-15(18(12-24)22-17)8-9-23(20)19(25)10-13-4-2-1-3-5-13/h1-7,11,15,18,20,22,24H,8-10,12H2/t15-,18+,20-/m0/s1. The van der Waals surface area contributed by atoms with Gasteiger partial charge in [0.25, 0.3) is 0 Å². The maximum atomic E-state index is 13.0. The van der Waals surface area contributed by atoms with Gasteiger partial charge >= 0.3 is 0 Å². The summed E-state index contributed by atoms with van der Waals surface area (Å²) in [6, 6.07) is 16.0. The molecule has 2 aliphatic heterocycles. The van der Waals surface area contributed by atoms with E-state index in [1.54, 1.807) is 0 Å². The number of benzene rings is 2. The summed E-state index contributed by atoms with van der Waals surface area (Å²) in [7, 11) is 0. The third-order valence-corrected chi connectivity index (χ3v) is 5.84. The number of nitrogens with zero attached hydrogens (tertiary/aromatic N) is 1. The second kappa shape index (κ2) is 6.81. The number of halogens is 1. The van der Waals surface area contributed by atoms with E-state index in [4.69, 9.17) is 0 Å². The Hall–Kier alpha value is -1.85. The molecule has 2 aromatic carbocycles. The van der Waals surface area contributed by atoms with E-state index in [-0.39, 0.29) is 30.5 Å². The predicted molar refractivity (Wildman–Crippen MR) is 101 cm³/mol. The molecule has 0 bridgehead atoms. The number of fused-ring (bicyclic) bond motifs is 3. The summed E-state index contributed by atoms with van der Waals surface area (Å²) >= 11 is 3.55. The zero-order chi connectivity index (χ0) is 17.4. The van der Waals surface area contributed by atoms with E-state index in [9.17, 15) is 9.90 Å². The minimum Gasteiger partial charge on any atom is -0.394 e. The number of hydrogen-bond donors (Lipinski definition) is 2. The Morgan fingerprint density at radius 3 is 2.80 bits per heavy atom. The second-order valence-corrected chi connectivity index (χ2v) is 7.73. The first kappa shape index (κ1) is 16.6. The fraction of sp³-hybridized carbons (Fsp3) is 0.350. The van der Waals surface area contributed by atoms with Gasteiger partial charge in [-0.05, 0) is 35.7 Å². The first-order chi connectivity index (χ1) is 12.2. The van der Waals surface area contributed by atoms with E-state index in [0.717, 1.165) is 34.3 Å². The van der Waals surface area contributed by atoms with Crippen LogP contribution in [0.2, 0.25) is 0 Å². The maximum Gasteiger partial charge on any atom is 0.227 e. The van der Waals surface area contributed by atoms with Crippen LogP contribution in [-0.2, 0) is 11.2 Å². The molecule has 2 aliphatic rings. The molecular formula is C20H21BrN2O2. The third-order valence-electron chi connectivity index (χ3n) is 5.35. The highest BCUT2D eigenvalue weighted by Gasteiger charge is 2.45. The van der Waals surface area contributed by atoms with E-state index >= 15 is 0 Å². The summed E-state index contributed by atoms with van der Waals surface area (Å²) in [5, 5.41) is 13.2. The van der Waals surface area contributed by atoms with Crippen LogP contribution in [0.4, 0.5) is 5.69 Å². The van der Waals surface area contributed by atoms with Gasteiger partial charge in [-0.3, -0.25) is 4.79 Å². The summed E-state index contributed by atoms with van der Waals surface area (Å²) in [5.41, 5.74) is 3.20. The molecule has 0 unspecified atom stereocenters. The fourth-order valence-electron chi connectivity index (χ4n) is 4.19. The maximum absolute atomic E-state index is 13.0. The monoisotopic (exact) mass is 400 g/mol. The highest BCUT2D eigenvalue weighted by Crippen LogP contribution is 2.47. The van der Waals surface area contributed by atoms with Crippen molar-refractivity contribution < 1.29 is 9.90 Å². The Labute approximate surface area is 156 Å². The minimum atomic E-state index is -0.00630. The lowest BCUT2D eigenvalue weighted by atomic mass is 9.83. The number of nitrogens with one attached hydrogen (secondary N) is 1. The lowest BCUT2D eigenvalue weighted by molar-refractivity contribution is -0.131. The van der Waals surface area contributed by atoms with Crippen molar-refractivity contribution in [1.82, 2.24) is 4.90 Å². The van der Waals surface area contributed by atoms with Gasteiger partial charge in [-0.25, -0.2) is 0 Å². The van der Waals surface area contributed by atoms with Gasteiger partial charge in [0.05, 0.1) is 25.1 Å². The normalized spacial score (nSPS) is 24.4. The van der Waals surface area contributed by atoms with E-state index in [0.29, 0.717) is 6.42 Å². The molecule has 3 atom stereocenters. The van der Waals surface area contributed by atoms with Crippen molar-refractivity contribution >= 4 is 27.5 Å². The number of aliphatic hydroxyl groups excluding tert-OH is 1. The Morgan fingerprint density at radius 1 is 1.24 bits per heavy atom. The Balaban J connectivity index is 1.66. The van der Waals surface area contributed by atoms with Gasteiger partial charge in [0.2, 0.25) is 5.91 Å². The van der Waals surface area contributed by atoms with Gasteiger partial charge in [0, 0.05) is 22.6 Å². The highest BCUT2D eigenvalue weighted by molar-refractivity contribution is 9.10. The van der Waals surface area contributed by atoms with Gasteiger partial charge in [-0.15, -0.1) is 0 Å². The summed E-state index contributed by atoms with van der Waals surface area (Å²) in [5.74, 6) is 0.398. The van der Waals surface area contributed by atoms with Gasteiger partial charge in [-0.1, -0.05) is 46.3 Å². The Kier molecular flexibility index (Phi) is 4.52. The van der Waals surface area contributed by atoms with Crippen LogP contribution in [0.25, 0.3) is 0 Å². The molecule has 0 aromatic heterocycles. The molecule has 0 radical (unpaired) electrons. The zero-order valence-corrected chi connectivity index (χ0v) is 15.4. The number of amides is 1. The molecule has 1 amide bonds. The molecule has 25 heavy (non-hydrogen) atoms. The van der Waals surface area contributed by atoms with Crippen LogP contribution in [0, 0.1) is 5.92 Å². The molecule has 5 heteroatoms. The second-order valence-electron chi connectivity index (χ2n) is 6.81. The molecular weight excluding hydrogens is 380 g/mol. The number of hydrogen-bond acceptors (Lipinski definition) is 3. The molecule has 1 saturated heterocycles. The molecule has 0 saturated carbocycles. The fourth-order valence-corrected chi connectivity index (χ4v) is 4.56. The lowest BCUT2D eigenvalue weighted by Gasteiger charge is -2.39. The SMILES string of the molecule is O=C(Cc1ccccc1)N1CC[C@@H]2[C@H]1c1cc(Br)ccc1N[C@@H]2CO. The first-order valence-corrected chi connectivity index (χ1v) is 9.47. The molecule has 4 nitrogen and oxygen atoms in total. The number of rotatable bonds is 3. The van der Waals surface area contributed by atoms with Crippen molar-refractivity contribution in [3.8, 4) is 0 Å². The van der Waals surface area contributed by atoms with Crippen LogP contribution < -0.4 is 5.32 Å². The number of carbonyl (C=O) groups is 1. The Morgan fingerprint density at radius 2 is 2.04 bits per heavy atom. The van der Waals surface area contributed by atoms with Crippen molar-refractivity contribution in [2.75, 3.05) is 18.5 Å². The first-order valence-electron chi connectivity index (χ1n) is 8.67. The average Bonchev–Trinajstić information content (AvgIpc) is 3.07. The molecule has 0 aliphatic carbocycles. The minimum absolute atomic E-state index is 0.00630. The number of likely N-dealkylation sites (tertiary alicyclic amines) is 1. The smallest absolute Gasteiger partial charge is 0.227 e. The summed E-state index contributed by atoms with van der Waals surface area (Å²) < 4.78 is 1.01. The van der Waals surface area contributed by atoms with Gasteiger partial charge < -0.3 is 15.3 Å². The quantitative estimate of drug-likeness (QED) is 0.830. The molecule has 2 heterocycles. The van der Waals surface area contributed by atoms with Crippen LogP contribution >= 0.6 is 15.9 Å². The Bertz CT molecular complexity index is 781. The van der Waals surface area contributed by atoms with Gasteiger partial charge in [0.1, 0.15) is 0 Å². The third kappa shape index (κ3) is 3.07. The van der Waals surface area contributed by atoms with Crippen molar-refractivity contribution in [3.05, 3.63) is 64.1 Å². The summed E-state index contributed by atoms with van der Waals surface area (Å²) in [6.45, 7) is 0.822. The van der Waals surface area contributed by atoms with E-state index < -0.39 is 0 Å². The number of anilines is 1. The number of carbonyl (C=O) groups excluding carboxylic acids is 1. The topological polar surface area (TPSA) is 52.6 Å². The molecule has 4 rings (SSSR count). The summed E-state index contributed by atoms with van der Waals surface area (Å²) in [4.78, 5) is 15.0. The van der Waals surface area contributed by atoms with E-state index in [1.807, 2.05) is 47.4 Å². The van der Waals surface area contributed by atoms with Crippen molar-refractivity contribution in [1.29, 1.82) is 0 Å². The van der Waals surface area contributed by atoms with Crippen LogP contribution in [0.15, 0.2) is 53.0 Å². The zero-order valence-electron chi connectivity index (χ0n) is 13.9. The average molecular weight is 401 g/mol. The molecule has 2 aromatic rings. The van der Waals surface area contributed by atoms with E-state index in [1.165, 1.54) is 0 Å². The van der Waals surface area contributed by atoms with Crippen LogP contribution in [0.1, 0.15) is 23.6 Å². The van der Waals surface area contributed by atoms with Crippen LogP contribution in [-0.4, -0.2) is 35.1 Å². The molecule has 130 valence electrons. The van der Waals surface area contributed by atoms with Crippen LogP contribution in [0.5, 0.6) is 0 Å². The van der Waals surface area contributed by atoms with Crippen molar-refractivity contribution in [2.45, 2.75) is 24.9 Å². The number of aliphatic hydroxyl groups is 1. The van der Waals surface area contributed by atoms with Crippen LogP contribution in [0.3, 0.4) is 0 Å². The highest BCUT2D eigenvalue weighted by atomic mass is 79.9. The lowest BCUT2D eigenvalue weighted by Crippen LogP contribution is -2.43. The van der Waals surface area contributed by atoms with Crippen molar-refractivity contribution in [2.24, 2.45) is 5.92 Å². The van der Waals surface area contributed by atoms with E-state index in [2.05, 4.69) is 27.3 Å². The molecule has 2 N–H and O–H groups in total. The van der Waals surface area contributed by atoms with Gasteiger partial charge in [0.15, 0.2) is 0 Å².